The highest BCUT2D eigenvalue weighted by Crippen LogP contribution is 2.06. The molecule has 0 bridgehead atoms. The summed E-state index contributed by atoms with van der Waals surface area (Å²) in [5, 5.41) is 0. The highest BCUT2D eigenvalue weighted by atomic mass is 19.1. The standard InChI is InChI=1S/C11H15FN4/c1-8(13)6-10(14)4-5-15-11-3-2-9(12)7-16-11/h2-5,7-8H,6,13-14H2,1H3/b10-4-,15-5?. The fourth-order valence-corrected chi connectivity index (χ4v) is 1.09. The average Bonchev–Trinajstić information content (AvgIpc) is 2.20. The number of nitrogens with zero attached hydrogens (tertiary/aromatic N) is 2. The maximum Gasteiger partial charge on any atom is 0.151 e. The van der Waals surface area contributed by atoms with Crippen molar-refractivity contribution in [2.75, 3.05) is 0 Å². The monoisotopic (exact) mass is 222 g/mol. The van der Waals surface area contributed by atoms with E-state index in [1.165, 1.54) is 18.3 Å². The maximum atomic E-state index is 12.5. The van der Waals surface area contributed by atoms with E-state index in [1.54, 1.807) is 6.08 Å². The number of aliphatic imine (C=N–C) groups is 1. The first-order valence-electron chi connectivity index (χ1n) is 4.94. The minimum Gasteiger partial charge on any atom is -0.402 e. The minimum atomic E-state index is -0.383. The molecule has 1 aromatic rings. The van der Waals surface area contributed by atoms with Crippen LogP contribution in [0.2, 0.25) is 0 Å². The van der Waals surface area contributed by atoms with Crippen LogP contribution in [0.1, 0.15) is 13.3 Å². The van der Waals surface area contributed by atoms with Crippen LogP contribution in [0.3, 0.4) is 0 Å². The van der Waals surface area contributed by atoms with Gasteiger partial charge in [-0.15, -0.1) is 0 Å². The Hall–Kier alpha value is -1.75. The van der Waals surface area contributed by atoms with Crippen molar-refractivity contribution in [2.24, 2.45) is 16.5 Å². The van der Waals surface area contributed by atoms with Crippen molar-refractivity contribution in [3.8, 4) is 0 Å². The van der Waals surface area contributed by atoms with Crippen LogP contribution >= 0.6 is 0 Å². The van der Waals surface area contributed by atoms with E-state index in [2.05, 4.69) is 9.98 Å². The predicted octanol–water partition coefficient (Wildman–Crippen LogP) is 1.50. The zero-order chi connectivity index (χ0) is 12.0. The van der Waals surface area contributed by atoms with Gasteiger partial charge in [0.2, 0.25) is 0 Å². The third-order valence-electron chi connectivity index (χ3n) is 1.76. The molecule has 1 unspecified atom stereocenters. The van der Waals surface area contributed by atoms with Gasteiger partial charge in [0.15, 0.2) is 5.82 Å². The van der Waals surface area contributed by atoms with Crippen LogP contribution in [-0.2, 0) is 0 Å². The molecule has 0 amide bonds. The summed E-state index contributed by atoms with van der Waals surface area (Å²) in [4.78, 5) is 7.76. The third kappa shape index (κ3) is 4.65. The predicted molar refractivity (Wildman–Crippen MR) is 62.9 cm³/mol. The molecule has 1 heterocycles. The van der Waals surface area contributed by atoms with Crippen molar-refractivity contribution in [1.29, 1.82) is 0 Å². The van der Waals surface area contributed by atoms with Gasteiger partial charge in [-0.3, -0.25) is 0 Å². The van der Waals surface area contributed by atoms with E-state index in [0.29, 0.717) is 17.9 Å². The number of hydrogen-bond donors (Lipinski definition) is 2. The fourth-order valence-electron chi connectivity index (χ4n) is 1.09. The van der Waals surface area contributed by atoms with Crippen LogP contribution in [0, 0.1) is 5.82 Å². The van der Waals surface area contributed by atoms with Crippen LogP contribution in [0.15, 0.2) is 35.1 Å². The molecule has 0 radical (unpaired) electrons. The molecule has 0 aliphatic heterocycles. The number of rotatable bonds is 4. The molecule has 0 aromatic carbocycles. The Labute approximate surface area is 93.9 Å². The molecule has 86 valence electrons. The lowest BCUT2D eigenvalue weighted by Gasteiger charge is -2.02. The summed E-state index contributed by atoms with van der Waals surface area (Å²) in [6.07, 6.45) is 4.91. The lowest BCUT2D eigenvalue weighted by atomic mass is 10.2. The van der Waals surface area contributed by atoms with Gasteiger partial charge >= 0.3 is 0 Å². The molecule has 16 heavy (non-hydrogen) atoms. The van der Waals surface area contributed by atoms with E-state index in [1.807, 2.05) is 6.92 Å². The zero-order valence-corrected chi connectivity index (χ0v) is 9.10. The van der Waals surface area contributed by atoms with E-state index in [-0.39, 0.29) is 11.9 Å². The van der Waals surface area contributed by atoms with E-state index in [9.17, 15) is 4.39 Å². The van der Waals surface area contributed by atoms with Gasteiger partial charge in [0.1, 0.15) is 5.82 Å². The highest BCUT2D eigenvalue weighted by Gasteiger charge is 1.95. The Morgan fingerprint density at radius 1 is 1.62 bits per heavy atom. The van der Waals surface area contributed by atoms with Crippen molar-refractivity contribution in [3.05, 3.63) is 35.9 Å². The number of hydrogen-bond acceptors (Lipinski definition) is 4. The second-order valence-corrected chi connectivity index (χ2v) is 3.54. The van der Waals surface area contributed by atoms with E-state index >= 15 is 0 Å². The summed E-state index contributed by atoms with van der Waals surface area (Å²) in [6.45, 7) is 1.87. The minimum absolute atomic E-state index is 0.0218. The van der Waals surface area contributed by atoms with Gasteiger partial charge in [0.25, 0.3) is 0 Å². The summed E-state index contributed by atoms with van der Waals surface area (Å²) >= 11 is 0. The van der Waals surface area contributed by atoms with Crippen molar-refractivity contribution >= 4 is 12.0 Å². The zero-order valence-electron chi connectivity index (χ0n) is 9.10. The van der Waals surface area contributed by atoms with Gasteiger partial charge in [-0.25, -0.2) is 14.4 Å². The summed E-state index contributed by atoms with van der Waals surface area (Å²) < 4.78 is 12.5. The highest BCUT2D eigenvalue weighted by molar-refractivity contribution is 5.74. The number of allylic oxidation sites excluding steroid dienone is 1. The average molecular weight is 222 g/mol. The molecule has 1 rings (SSSR count). The van der Waals surface area contributed by atoms with E-state index < -0.39 is 0 Å². The number of pyridine rings is 1. The molecule has 0 aliphatic rings. The molecule has 4 N–H and O–H groups in total. The molecule has 0 saturated heterocycles. The first-order chi connectivity index (χ1) is 7.58. The largest absolute Gasteiger partial charge is 0.402 e. The molecule has 4 nitrogen and oxygen atoms in total. The normalized spacial score (nSPS) is 14.3. The molecule has 0 spiro atoms. The Balaban J connectivity index is 2.57. The molecule has 0 fully saturated rings. The van der Waals surface area contributed by atoms with Gasteiger partial charge in [0, 0.05) is 24.4 Å². The molecule has 1 aromatic heterocycles. The molecule has 0 aliphatic carbocycles. The summed E-state index contributed by atoms with van der Waals surface area (Å²) in [6, 6.07) is 2.81. The Morgan fingerprint density at radius 2 is 2.38 bits per heavy atom. The molecular weight excluding hydrogens is 207 g/mol. The van der Waals surface area contributed by atoms with Crippen molar-refractivity contribution in [3.63, 3.8) is 0 Å². The maximum absolute atomic E-state index is 12.5. The molecule has 0 saturated carbocycles. The number of aromatic nitrogens is 1. The smallest absolute Gasteiger partial charge is 0.151 e. The van der Waals surface area contributed by atoms with Gasteiger partial charge in [0.05, 0.1) is 6.20 Å². The second kappa shape index (κ2) is 5.97. The van der Waals surface area contributed by atoms with Crippen LogP contribution < -0.4 is 11.5 Å². The van der Waals surface area contributed by atoms with Gasteiger partial charge < -0.3 is 11.5 Å². The number of halogens is 1. The molecule has 5 heteroatoms. The van der Waals surface area contributed by atoms with Crippen molar-refractivity contribution in [2.45, 2.75) is 19.4 Å². The van der Waals surface area contributed by atoms with Crippen LogP contribution in [0.25, 0.3) is 0 Å². The van der Waals surface area contributed by atoms with Crippen molar-refractivity contribution < 1.29 is 4.39 Å². The number of nitrogens with two attached hydrogens (primary N) is 2. The first kappa shape index (κ1) is 12.3. The summed E-state index contributed by atoms with van der Waals surface area (Å²) in [7, 11) is 0. The van der Waals surface area contributed by atoms with Crippen LogP contribution in [0.5, 0.6) is 0 Å². The Kier molecular flexibility index (Phi) is 4.60. The Morgan fingerprint density at radius 3 is 2.94 bits per heavy atom. The lowest BCUT2D eigenvalue weighted by molar-refractivity contribution is 0.621. The first-order valence-corrected chi connectivity index (χ1v) is 4.94. The summed E-state index contributed by atoms with van der Waals surface area (Å²) in [5.74, 6) is 0.0530. The topological polar surface area (TPSA) is 77.3 Å². The van der Waals surface area contributed by atoms with E-state index in [0.717, 1.165) is 6.20 Å². The van der Waals surface area contributed by atoms with E-state index in [4.69, 9.17) is 11.5 Å². The van der Waals surface area contributed by atoms with Gasteiger partial charge in [-0.1, -0.05) is 0 Å². The van der Waals surface area contributed by atoms with Crippen LogP contribution in [0.4, 0.5) is 10.2 Å². The quantitative estimate of drug-likeness (QED) is 0.758. The molecular formula is C11H15FN4. The third-order valence-corrected chi connectivity index (χ3v) is 1.76. The lowest BCUT2D eigenvalue weighted by Crippen LogP contribution is -2.18. The fraction of sp³-hybridized carbons (Fsp3) is 0.273. The summed E-state index contributed by atoms with van der Waals surface area (Å²) in [5.41, 5.74) is 11.9. The second-order valence-electron chi connectivity index (χ2n) is 3.54. The SMILES string of the molecule is CC(N)C/C(N)=C/C=Nc1ccc(F)cn1. The Bertz CT molecular complexity index is 381. The van der Waals surface area contributed by atoms with Gasteiger partial charge in [-0.2, -0.15) is 0 Å². The van der Waals surface area contributed by atoms with Gasteiger partial charge in [-0.05, 0) is 25.1 Å². The molecule has 1 atom stereocenters. The van der Waals surface area contributed by atoms with Crippen molar-refractivity contribution in [1.82, 2.24) is 4.98 Å². The van der Waals surface area contributed by atoms with Crippen LogP contribution in [-0.4, -0.2) is 17.2 Å².